The molecular formula is C28H25ClF2N2O3. The van der Waals surface area contributed by atoms with Crippen molar-refractivity contribution in [2.75, 3.05) is 6.61 Å². The summed E-state index contributed by atoms with van der Waals surface area (Å²) in [5.41, 5.74) is 1.62. The fourth-order valence-corrected chi connectivity index (χ4v) is 5.24. The van der Waals surface area contributed by atoms with Crippen LogP contribution < -0.4 is 4.74 Å². The Balaban J connectivity index is 1.65. The van der Waals surface area contributed by atoms with E-state index in [9.17, 15) is 18.7 Å². The van der Waals surface area contributed by atoms with Gasteiger partial charge in [0.25, 0.3) is 0 Å². The predicted octanol–water partition coefficient (Wildman–Crippen LogP) is 7.53. The molecule has 1 N–H and O–H groups in total. The summed E-state index contributed by atoms with van der Waals surface area (Å²) in [5, 5.41) is 10.2. The molecule has 5 rings (SSSR count). The van der Waals surface area contributed by atoms with E-state index >= 15 is 0 Å². The fourth-order valence-electron chi connectivity index (χ4n) is 5.11. The van der Waals surface area contributed by atoms with E-state index in [0.717, 1.165) is 43.7 Å². The fraction of sp³-hybridized carbons (Fsp3) is 0.286. The first kappa shape index (κ1) is 24.3. The number of nitrogens with zero attached hydrogens (tertiary/aromatic N) is 2. The van der Waals surface area contributed by atoms with Crippen LogP contribution in [0.5, 0.6) is 5.75 Å². The van der Waals surface area contributed by atoms with E-state index in [-0.39, 0.29) is 29.9 Å². The molecule has 1 aliphatic carbocycles. The van der Waals surface area contributed by atoms with Gasteiger partial charge in [0.2, 0.25) is 0 Å². The summed E-state index contributed by atoms with van der Waals surface area (Å²) >= 11 is 6.11. The molecule has 1 saturated carbocycles. The molecule has 0 bridgehead atoms. The van der Waals surface area contributed by atoms with Crippen LogP contribution in [0, 0.1) is 17.6 Å². The third kappa shape index (κ3) is 4.80. The average Bonchev–Trinajstić information content (AvgIpc) is 3.23. The number of carboxylic acid groups (broad SMARTS) is 1. The zero-order valence-electron chi connectivity index (χ0n) is 19.5. The Morgan fingerprint density at radius 3 is 2.47 bits per heavy atom. The Morgan fingerprint density at radius 2 is 1.75 bits per heavy atom. The van der Waals surface area contributed by atoms with Gasteiger partial charge in [0.1, 0.15) is 23.7 Å². The Hall–Kier alpha value is -3.45. The molecule has 1 fully saturated rings. The lowest BCUT2D eigenvalue weighted by molar-refractivity contribution is 0.0690. The van der Waals surface area contributed by atoms with E-state index < -0.39 is 17.6 Å². The third-order valence-corrected chi connectivity index (χ3v) is 7.14. The number of ether oxygens (including phenoxy) is 1. The maximum atomic E-state index is 14.5. The molecule has 0 radical (unpaired) electrons. The van der Waals surface area contributed by atoms with Crippen LogP contribution >= 0.6 is 11.6 Å². The maximum Gasteiger partial charge on any atom is 0.339 e. The molecule has 1 unspecified atom stereocenters. The number of halogens is 3. The number of hydrogen-bond acceptors (Lipinski definition) is 3. The molecule has 1 heterocycles. The second-order valence-electron chi connectivity index (χ2n) is 9.15. The summed E-state index contributed by atoms with van der Waals surface area (Å²) < 4.78 is 36.7. The zero-order valence-corrected chi connectivity index (χ0v) is 20.2. The Kier molecular flexibility index (Phi) is 6.92. The molecule has 1 aliphatic rings. The van der Waals surface area contributed by atoms with Gasteiger partial charge >= 0.3 is 5.97 Å². The molecule has 1 atom stereocenters. The number of rotatable bonds is 7. The molecule has 0 saturated heterocycles. The van der Waals surface area contributed by atoms with E-state index in [2.05, 4.69) is 0 Å². The van der Waals surface area contributed by atoms with Crippen molar-refractivity contribution < 1.29 is 23.4 Å². The number of carboxylic acids is 1. The molecule has 0 aliphatic heterocycles. The number of benzene rings is 3. The van der Waals surface area contributed by atoms with Crippen molar-refractivity contribution in [3.8, 4) is 17.1 Å². The second kappa shape index (κ2) is 10.3. The molecule has 36 heavy (non-hydrogen) atoms. The summed E-state index contributed by atoms with van der Waals surface area (Å²) in [7, 11) is 0. The summed E-state index contributed by atoms with van der Waals surface area (Å²) in [6.45, 7) is 0.153. The van der Waals surface area contributed by atoms with Gasteiger partial charge in [0.05, 0.1) is 17.1 Å². The van der Waals surface area contributed by atoms with Crippen LogP contribution in [0.15, 0.2) is 60.7 Å². The molecule has 0 amide bonds. The first-order chi connectivity index (χ1) is 17.4. The summed E-state index contributed by atoms with van der Waals surface area (Å²) in [6, 6.07) is 15.6. The van der Waals surface area contributed by atoms with Crippen molar-refractivity contribution in [1.29, 1.82) is 0 Å². The zero-order chi connectivity index (χ0) is 25.2. The highest BCUT2D eigenvalue weighted by molar-refractivity contribution is 6.30. The van der Waals surface area contributed by atoms with Gasteiger partial charge in [-0.1, -0.05) is 43.0 Å². The average molecular weight is 511 g/mol. The standard InChI is InChI=1S/C28H25ClF2N2O3/c29-19-12-10-18(11-13-19)27-32-23-14-21(30)22(31)15-24(23)33(27)25(17-6-2-1-3-7-17)16-36-26-9-5-4-8-20(26)28(34)35/h4-5,8-15,17,25H,1-3,6-7,16H2,(H,34,35). The van der Waals surface area contributed by atoms with Crippen LogP contribution in [-0.4, -0.2) is 27.2 Å². The highest BCUT2D eigenvalue weighted by Gasteiger charge is 2.31. The Labute approximate surface area is 212 Å². The lowest BCUT2D eigenvalue weighted by atomic mass is 9.83. The van der Waals surface area contributed by atoms with Crippen molar-refractivity contribution in [1.82, 2.24) is 9.55 Å². The molecule has 3 aromatic carbocycles. The second-order valence-corrected chi connectivity index (χ2v) is 9.58. The summed E-state index contributed by atoms with van der Waals surface area (Å²) in [6.07, 6.45) is 5.13. The number of fused-ring (bicyclic) bond motifs is 1. The Bertz CT molecular complexity index is 1400. The normalized spacial score (nSPS) is 15.2. The molecule has 8 heteroatoms. The van der Waals surface area contributed by atoms with Crippen molar-refractivity contribution in [2.45, 2.75) is 38.1 Å². The van der Waals surface area contributed by atoms with Crippen LogP contribution in [0.25, 0.3) is 22.4 Å². The molecule has 5 nitrogen and oxygen atoms in total. The van der Waals surface area contributed by atoms with Gasteiger partial charge in [-0.25, -0.2) is 18.6 Å². The first-order valence-electron chi connectivity index (χ1n) is 12.0. The molecule has 1 aromatic heterocycles. The first-order valence-corrected chi connectivity index (χ1v) is 12.4. The van der Waals surface area contributed by atoms with Gasteiger partial charge in [0, 0.05) is 22.7 Å². The van der Waals surface area contributed by atoms with Crippen LogP contribution in [0.3, 0.4) is 0 Å². The number of carbonyl (C=O) groups is 1. The number of aromatic nitrogens is 2. The summed E-state index contributed by atoms with van der Waals surface area (Å²) in [5.74, 6) is -1.99. The number of aromatic carboxylic acids is 1. The number of para-hydroxylation sites is 1. The van der Waals surface area contributed by atoms with Crippen LogP contribution in [0.4, 0.5) is 8.78 Å². The molecule has 186 valence electrons. The van der Waals surface area contributed by atoms with Crippen molar-refractivity contribution in [3.63, 3.8) is 0 Å². The van der Waals surface area contributed by atoms with Crippen molar-refractivity contribution >= 4 is 28.6 Å². The topological polar surface area (TPSA) is 64.3 Å². The minimum atomic E-state index is -1.08. The van der Waals surface area contributed by atoms with E-state index in [0.29, 0.717) is 21.9 Å². The van der Waals surface area contributed by atoms with Gasteiger partial charge in [-0.15, -0.1) is 0 Å². The van der Waals surface area contributed by atoms with Gasteiger partial charge in [-0.3, -0.25) is 0 Å². The lowest BCUT2D eigenvalue weighted by Crippen LogP contribution is -2.28. The van der Waals surface area contributed by atoms with Gasteiger partial charge in [0.15, 0.2) is 11.6 Å². The maximum absolute atomic E-state index is 14.5. The molecule has 0 spiro atoms. The largest absolute Gasteiger partial charge is 0.491 e. The van der Waals surface area contributed by atoms with E-state index in [4.69, 9.17) is 21.3 Å². The SMILES string of the molecule is O=C(O)c1ccccc1OCC(C1CCCCC1)n1c(-c2ccc(Cl)cc2)nc2cc(F)c(F)cc21. The van der Waals surface area contributed by atoms with Gasteiger partial charge < -0.3 is 14.4 Å². The quantitative estimate of drug-likeness (QED) is 0.279. The van der Waals surface area contributed by atoms with E-state index in [1.165, 1.54) is 12.1 Å². The number of imidazole rings is 1. The minimum Gasteiger partial charge on any atom is -0.491 e. The predicted molar refractivity (Wildman–Crippen MR) is 135 cm³/mol. The van der Waals surface area contributed by atoms with Crippen LogP contribution in [0.2, 0.25) is 5.02 Å². The van der Waals surface area contributed by atoms with E-state index in [1.807, 2.05) is 16.7 Å². The van der Waals surface area contributed by atoms with Crippen molar-refractivity contribution in [2.24, 2.45) is 5.92 Å². The van der Waals surface area contributed by atoms with E-state index in [1.54, 1.807) is 30.3 Å². The smallest absolute Gasteiger partial charge is 0.339 e. The van der Waals surface area contributed by atoms with Crippen molar-refractivity contribution in [3.05, 3.63) is 82.9 Å². The monoisotopic (exact) mass is 510 g/mol. The van der Waals surface area contributed by atoms with Crippen LogP contribution in [-0.2, 0) is 0 Å². The third-order valence-electron chi connectivity index (χ3n) is 6.89. The van der Waals surface area contributed by atoms with Gasteiger partial charge in [-0.2, -0.15) is 0 Å². The summed E-state index contributed by atoms with van der Waals surface area (Å²) in [4.78, 5) is 16.4. The Morgan fingerprint density at radius 1 is 1.06 bits per heavy atom. The van der Waals surface area contributed by atoms with Crippen LogP contribution in [0.1, 0.15) is 48.5 Å². The highest BCUT2D eigenvalue weighted by Crippen LogP contribution is 2.39. The number of hydrogen-bond donors (Lipinski definition) is 1. The van der Waals surface area contributed by atoms with Gasteiger partial charge in [-0.05, 0) is 55.2 Å². The molecular weight excluding hydrogens is 486 g/mol. The highest BCUT2D eigenvalue weighted by atomic mass is 35.5. The minimum absolute atomic E-state index is 0.0708. The lowest BCUT2D eigenvalue weighted by Gasteiger charge is -2.33. The molecule has 4 aromatic rings.